The van der Waals surface area contributed by atoms with Gasteiger partial charge in [-0.2, -0.15) is 0 Å². The number of rotatable bonds is 2. The Labute approximate surface area is 119 Å². The van der Waals surface area contributed by atoms with E-state index >= 15 is 0 Å². The maximum Gasteiger partial charge on any atom is 0.407 e. The minimum atomic E-state index is -0.446. The first-order valence-electron chi connectivity index (χ1n) is 6.67. The fourth-order valence-electron chi connectivity index (χ4n) is 2.06. The highest BCUT2D eigenvalue weighted by Gasteiger charge is 2.24. The summed E-state index contributed by atoms with van der Waals surface area (Å²) in [4.78, 5) is 16.1. The summed E-state index contributed by atoms with van der Waals surface area (Å²) in [6, 6.07) is 0.487. The molecule has 1 fully saturated rings. The van der Waals surface area contributed by atoms with E-state index in [1.807, 2.05) is 27.0 Å². The number of thioether (sulfide) groups is 1. The maximum atomic E-state index is 11.6. The number of hydrogen-bond donors (Lipinski definition) is 2. The van der Waals surface area contributed by atoms with Crippen LogP contribution in [0.4, 0.5) is 4.79 Å². The molecule has 1 aliphatic rings. The smallest absolute Gasteiger partial charge is 0.407 e. The molecule has 6 heteroatoms. The fourth-order valence-corrected chi connectivity index (χ4v) is 2.31. The van der Waals surface area contributed by atoms with E-state index in [-0.39, 0.29) is 12.1 Å². The lowest BCUT2D eigenvalue weighted by Crippen LogP contribution is -2.41. The van der Waals surface area contributed by atoms with Crippen LogP contribution >= 0.6 is 11.8 Å². The van der Waals surface area contributed by atoms with Gasteiger partial charge in [-0.25, -0.2) is 4.79 Å². The van der Waals surface area contributed by atoms with E-state index in [9.17, 15) is 4.79 Å². The molecule has 0 unspecified atom stereocenters. The number of amidine groups is 1. The van der Waals surface area contributed by atoms with Gasteiger partial charge in [0.1, 0.15) is 5.60 Å². The van der Waals surface area contributed by atoms with Gasteiger partial charge in [0.05, 0.1) is 6.04 Å². The Kier molecular flexibility index (Phi) is 5.97. The van der Waals surface area contributed by atoms with Gasteiger partial charge in [-0.1, -0.05) is 11.8 Å². The Morgan fingerprint density at radius 3 is 2.37 bits per heavy atom. The van der Waals surface area contributed by atoms with Crippen molar-refractivity contribution in [2.24, 2.45) is 10.7 Å². The fraction of sp³-hybridized carbons (Fsp3) is 0.846. The quantitative estimate of drug-likeness (QED) is 0.604. The Balaban J connectivity index is 2.32. The summed E-state index contributed by atoms with van der Waals surface area (Å²) in [5.74, 6) is 0. The van der Waals surface area contributed by atoms with Crippen molar-refractivity contribution < 1.29 is 9.53 Å². The molecule has 0 aliphatic heterocycles. The Bertz CT molecular complexity index is 331. The van der Waals surface area contributed by atoms with Crippen LogP contribution in [-0.2, 0) is 4.74 Å². The summed E-state index contributed by atoms with van der Waals surface area (Å²) in [7, 11) is 0. The molecule has 19 heavy (non-hydrogen) atoms. The highest BCUT2D eigenvalue weighted by molar-refractivity contribution is 8.13. The van der Waals surface area contributed by atoms with Crippen LogP contribution in [-0.4, -0.2) is 35.2 Å². The third-order valence-corrected chi connectivity index (χ3v) is 3.46. The standard InChI is InChI=1S/C13H25N3O2S/c1-13(2,3)18-12(17)16-10-7-5-9(6-8-10)15-11(14)19-4/h9-10H,5-8H2,1-4H3,(H2,14,15)(H,16,17). The molecule has 0 atom stereocenters. The molecule has 5 nitrogen and oxygen atoms in total. The molecular formula is C13H25N3O2S. The number of nitrogens with zero attached hydrogens (tertiary/aromatic N) is 1. The van der Waals surface area contributed by atoms with Crippen molar-refractivity contribution in [1.82, 2.24) is 5.32 Å². The third kappa shape index (κ3) is 6.71. The summed E-state index contributed by atoms with van der Waals surface area (Å²) in [5, 5.41) is 3.56. The molecule has 0 bridgehead atoms. The van der Waals surface area contributed by atoms with Crippen molar-refractivity contribution in [1.29, 1.82) is 0 Å². The van der Waals surface area contributed by atoms with Gasteiger partial charge in [0.2, 0.25) is 0 Å². The predicted octanol–water partition coefficient (Wildman–Crippen LogP) is 2.50. The first kappa shape index (κ1) is 16.1. The lowest BCUT2D eigenvalue weighted by atomic mass is 9.92. The van der Waals surface area contributed by atoms with Crippen LogP contribution in [0, 0.1) is 0 Å². The largest absolute Gasteiger partial charge is 0.444 e. The lowest BCUT2D eigenvalue weighted by Gasteiger charge is -2.28. The van der Waals surface area contributed by atoms with Crippen LogP contribution in [0.3, 0.4) is 0 Å². The second kappa shape index (κ2) is 7.03. The minimum absolute atomic E-state index is 0.191. The van der Waals surface area contributed by atoms with E-state index in [1.54, 1.807) is 0 Å². The molecule has 0 heterocycles. The average Bonchev–Trinajstić information content (AvgIpc) is 2.29. The Hall–Kier alpha value is -0.910. The van der Waals surface area contributed by atoms with E-state index in [0.717, 1.165) is 25.7 Å². The molecule has 0 spiro atoms. The summed E-state index contributed by atoms with van der Waals surface area (Å²) in [6.45, 7) is 5.59. The van der Waals surface area contributed by atoms with Crippen LogP contribution in [0.2, 0.25) is 0 Å². The highest BCUT2D eigenvalue weighted by atomic mass is 32.2. The first-order chi connectivity index (χ1) is 8.80. The molecule has 3 N–H and O–H groups in total. The SMILES string of the molecule is CSC(N)=NC1CCC(NC(=O)OC(C)(C)C)CC1. The number of hydrogen-bond acceptors (Lipinski definition) is 4. The maximum absolute atomic E-state index is 11.6. The van der Waals surface area contributed by atoms with Gasteiger partial charge < -0.3 is 15.8 Å². The molecule has 1 aliphatic carbocycles. The number of nitrogens with two attached hydrogens (primary N) is 1. The number of nitrogens with one attached hydrogen (secondary N) is 1. The molecule has 0 aromatic heterocycles. The molecule has 0 saturated heterocycles. The van der Waals surface area contributed by atoms with Gasteiger partial charge in [0, 0.05) is 6.04 Å². The van der Waals surface area contributed by atoms with Gasteiger partial charge in [0.15, 0.2) is 5.17 Å². The molecule has 1 amide bonds. The molecule has 110 valence electrons. The number of carbonyl (C=O) groups excluding carboxylic acids is 1. The van der Waals surface area contributed by atoms with Gasteiger partial charge in [-0.15, -0.1) is 0 Å². The van der Waals surface area contributed by atoms with Crippen molar-refractivity contribution >= 4 is 23.0 Å². The number of carbonyl (C=O) groups is 1. The van der Waals surface area contributed by atoms with Crippen molar-refractivity contribution in [3.63, 3.8) is 0 Å². The number of ether oxygens (including phenoxy) is 1. The van der Waals surface area contributed by atoms with Crippen molar-refractivity contribution in [2.45, 2.75) is 64.1 Å². The summed E-state index contributed by atoms with van der Waals surface area (Å²) in [6.07, 6.45) is 5.37. The van der Waals surface area contributed by atoms with Crippen LogP contribution in [0.15, 0.2) is 4.99 Å². The van der Waals surface area contributed by atoms with Gasteiger partial charge in [-0.3, -0.25) is 4.99 Å². The van der Waals surface area contributed by atoms with Crippen LogP contribution < -0.4 is 11.1 Å². The Morgan fingerprint density at radius 1 is 1.32 bits per heavy atom. The van der Waals surface area contributed by atoms with Crippen molar-refractivity contribution in [3.8, 4) is 0 Å². The van der Waals surface area contributed by atoms with Crippen molar-refractivity contribution in [3.05, 3.63) is 0 Å². The summed E-state index contributed by atoms with van der Waals surface area (Å²) in [5.41, 5.74) is 5.27. The molecule has 1 rings (SSSR count). The number of amides is 1. The third-order valence-electron chi connectivity index (χ3n) is 2.94. The first-order valence-corrected chi connectivity index (χ1v) is 7.89. The predicted molar refractivity (Wildman–Crippen MR) is 80.6 cm³/mol. The van der Waals surface area contributed by atoms with E-state index in [1.165, 1.54) is 11.8 Å². The zero-order valence-corrected chi connectivity index (χ0v) is 13.0. The van der Waals surface area contributed by atoms with Crippen molar-refractivity contribution in [2.75, 3.05) is 6.26 Å². The zero-order valence-electron chi connectivity index (χ0n) is 12.2. The molecular weight excluding hydrogens is 262 g/mol. The minimum Gasteiger partial charge on any atom is -0.444 e. The van der Waals surface area contributed by atoms with E-state index in [0.29, 0.717) is 11.2 Å². The average molecular weight is 287 g/mol. The lowest BCUT2D eigenvalue weighted by molar-refractivity contribution is 0.0491. The zero-order chi connectivity index (χ0) is 14.5. The monoisotopic (exact) mass is 287 g/mol. The number of alkyl carbamates (subject to hydrolysis) is 1. The van der Waals surface area contributed by atoms with Gasteiger partial charge >= 0.3 is 6.09 Å². The second-order valence-corrected chi connectivity index (χ2v) is 6.65. The summed E-state index contributed by atoms with van der Waals surface area (Å²) >= 11 is 1.47. The second-order valence-electron chi connectivity index (χ2n) is 5.82. The number of aliphatic imine (C=N–C) groups is 1. The topological polar surface area (TPSA) is 76.7 Å². The van der Waals surface area contributed by atoms with Gasteiger partial charge in [-0.05, 0) is 52.7 Å². The summed E-state index contributed by atoms with van der Waals surface area (Å²) < 4.78 is 5.25. The van der Waals surface area contributed by atoms with Crippen LogP contribution in [0.25, 0.3) is 0 Å². The Morgan fingerprint density at radius 2 is 1.89 bits per heavy atom. The van der Waals surface area contributed by atoms with Crippen LogP contribution in [0.1, 0.15) is 46.5 Å². The molecule has 0 aromatic rings. The highest BCUT2D eigenvalue weighted by Crippen LogP contribution is 2.22. The van der Waals surface area contributed by atoms with E-state index < -0.39 is 5.60 Å². The van der Waals surface area contributed by atoms with Crippen LogP contribution in [0.5, 0.6) is 0 Å². The van der Waals surface area contributed by atoms with E-state index in [2.05, 4.69) is 10.3 Å². The molecule has 1 saturated carbocycles. The van der Waals surface area contributed by atoms with Gasteiger partial charge in [0.25, 0.3) is 0 Å². The van der Waals surface area contributed by atoms with E-state index in [4.69, 9.17) is 10.5 Å². The normalized spacial score (nSPS) is 24.9. The molecule has 0 radical (unpaired) electrons. The molecule has 0 aromatic carbocycles.